The Bertz CT molecular complexity index is 454. The molecule has 0 bridgehead atoms. The predicted molar refractivity (Wildman–Crippen MR) is 66.7 cm³/mol. The molecule has 0 fully saturated rings. The summed E-state index contributed by atoms with van der Waals surface area (Å²) in [6, 6.07) is 1.99. The minimum Gasteiger partial charge on any atom is -0.388 e. The van der Waals surface area contributed by atoms with Gasteiger partial charge in [-0.2, -0.15) is 0 Å². The Morgan fingerprint density at radius 3 is 3.00 bits per heavy atom. The number of aryl methyl sites for hydroxylation is 1. The van der Waals surface area contributed by atoms with Gasteiger partial charge in [-0.05, 0) is 39.6 Å². The Kier molecular flexibility index (Phi) is 3.37. The van der Waals surface area contributed by atoms with Crippen LogP contribution < -0.4 is 0 Å². The van der Waals surface area contributed by atoms with Gasteiger partial charge in [0.2, 0.25) is 0 Å². The van der Waals surface area contributed by atoms with Gasteiger partial charge in [0.05, 0.1) is 14.7 Å². The summed E-state index contributed by atoms with van der Waals surface area (Å²) < 4.78 is 2.82. The fourth-order valence-corrected chi connectivity index (χ4v) is 2.72. The highest BCUT2D eigenvalue weighted by Gasteiger charge is 2.12. The van der Waals surface area contributed by atoms with E-state index in [1.807, 2.05) is 24.7 Å². The molecule has 80 valence electrons. The maximum absolute atomic E-state index is 9.92. The summed E-state index contributed by atoms with van der Waals surface area (Å²) in [7, 11) is 1.82. The second-order valence-corrected chi connectivity index (χ2v) is 6.09. The van der Waals surface area contributed by atoms with Crippen LogP contribution in [0.3, 0.4) is 0 Å². The molecule has 1 N–H and O–H groups in total. The molecule has 0 aliphatic heterocycles. The van der Waals surface area contributed by atoms with Crippen LogP contribution in [0.25, 0.3) is 0 Å². The number of aliphatic hydroxyl groups is 1. The van der Waals surface area contributed by atoms with E-state index >= 15 is 0 Å². The van der Waals surface area contributed by atoms with E-state index in [4.69, 9.17) is 0 Å². The van der Waals surface area contributed by atoms with Crippen molar-refractivity contribution < 1.29 is 5.11 Å². The molecule has 0 aliphatic carbocycles. The lowest BCUT2D eigenvalue weighted by Crippen LogP contribution is -2.00. The van der Waals surface area contributed by atoms with Gasteiger partial charge < -0.3 is 5.11 Å². The van der Waals surface area contributed by atoms with E-state index in [0.29, 0.717) is 6.42 Å². The van der Waals surface area contributed by atoms with Crippen molar-refractivity contribution in [2.24, 2.45) is 7.05 Å². The Hall–Kier alpha value is -0.470. The average Bonchev–Trinajstić information content (AvgIpc) is 2.75. The van der Waals surface area contributed by atoms with Crippen molar-refractivity contribution in [3.63, 3.8) is 0 Å². The number of thiophene rings is 1. The number of nitrogens with zero attached hydrogens (tertiary/aromatic N) is 3. The van der Waals surface area contributed by atoms with E-state index in [-0.39, 0.29) is 0 Å². The average molecular weight is 335 g/mol. The van der Waals surface area contributed by atoms with Crippen LogP contribution in [0.5, 0.6) is 0 Å². The van der Waals surface area contributed by atoms with Gasteiger partial charge in [0.1, 0.15) is 0 Å². The van der Waals surface area contributed by atoms with Crippen LogP contribution in [0.15, 0.2) is 17.6 Å². The first-order valence-corrected chi connectivity index (χ1v) is 6.38. The fraction of sp³-hybridized carbons (Fsp3) is 0.333. The summed E-state index contributed by atoms with van der Waals surface area (Å²) in [6.07, 6.45) is 1.85. The Morgan fingerprint density at radius 2 is 2.47 bits per heavy atom. The molecule has 15 heavy (non-hydrogen) atoms. The van der Waals surface area contributed by atoms with E-state index in [1.54, 1.807) is 16.0 Å². The van der Waals surface area contributed by atoms with Crippen molar-refractivity contribution in [2.75, 3.05) is 0 Å². The number of aliphatic hydroxyl groups excluding tert-OH is 1. The zero-order valence-corrected chi connectivity index (χ0v) is 11.1. The second-order valence-electron chi connectivity index (χ2n) is 3.29. The topological polar surface area (TPSA) is 50.9 Å². The van der Waals surface area contributed by atoms with E-state index < -0.39 is 6.10 Å². The monoisotopic (exact) mass is 335 g/mol. The fourth-order valence-electron chi connectivity index (χ4n) is 1.30. The standard InChI is InChI=1S/C9H10IN3OS/c1-13-4-7(11-12-13)3-8(14)6-2-9(10)15-5-6/h2,4-5,8,14H,3H2,1H3. The highest BCUT2D eigenvalue weighted by Crippen LogP contribution is 2.24. The van der Waals surface area contributed by atoms with E-state index in [2.05, 4.69) is 32.9 Å². The molecule has 2 aromatic rings. The maximum Gasteiger partial charge on any atom is 0.0856 e. The largest absolute Gasteiger partial charge is 0.388 e. The Morgan fingerprint density at radius 1 is 1.67 bits per heavy atom. The van der Waals surface area contributed by atoms with Crippen molar-refractivity contribution in [1.82, 2.24) is 15.0 Å². The summed E-state index contributed by atoms with van der Waals surface area (Å²) >= 11 is 3.88. The molecule has 0 amide bonds. The van der Waals surface area contributed by atoms with Crippen LogP contribution in [0, 0.1) is 2.88 Å². The van der Waals surface area contributed by atoms with Gasteiger partial charge in [0.25, 0.3) is 0 Å². The van der Waals surface area contributed by atoms with E-state index in [0.717, 1.165) is 11.3 Å². The summed E-state index contributed by atoms with van der Waals surface area (Å²) in [5, 5.41) is 19.7. The summed E-state index contributed by atoms with van der Waals surface area (Å²) in [6.45, 7) is 0. The zero-order valence-electron chi connectivity index (χ0n) is 8.09. The highest BCUT2D eigenvalue weighted by molar-refractivity contribution is 14.1. The van der Waals surface area contributed by atoms with Crippen LogP contribution in [0.1, 0.15) is 17.4 Å². The lowest BCUT2D eigenvalue weighted by Gasteiger charge is -2.05. The minimum atomic E-state index is -0.485. The van der Waals surface area contributed by atoms with Gasteiger partial charge in [0.15, 0.2) is 0 Å². The molecule has 1 unspecified atom stereocenters. The van der Waals surface area contributed by atoms with Crippen LogP contribution in [-0.4, -0.2) is 20.1 Å². The first kappa shape index (κ1) is 11.0. The Balaban J connectivity index is 2.06. The van der Waals surface area contributed by atoms with Gasteiger partial charge >= 0.3 is 0 Å². The third-order valence-corrected chi connectivity index (χ3v) is 3.83. The van der Waals surface area contributed by atoms with Crippen molar-refractivity contribution in [1.29, 1.82) is 0 Å². The smallest absolute Gasteiger partial charge is 0.0856 e. The van der Waals surface area contributed by atoms with Gasteiger partial charge in [-0.15, -0.1) is 16.4 Å². The second kappa shape index (κ2) is 4.58. The van der Waals surface area contributed by atoms with E-state index in [9.17, 15) is 5.11 Å². The van der Waals surface area contributed by atoms with Crippen molar-refractivity contribution in [2.45, 2.75) is 12.5 Å². The molecule has 1 atom stereocenters. The first-order valence-electron chi connectivity index (χ1n) is 4.42. The molecule has 0 radical (unpaired) electrons. The SMILES string of the molecule is Cn1cc(CC(O)c2csc(I)c2)nn1. The van der Waals surface area contributed by atoms with Gasteiger partial charge in [0, 0.05) is 19.7 Å². The molecule has 0 aliphatic rings. The molecule has 0 aromatic carbocycles. The molecule has 2 rings (SSSR count). The quantitative estimate of drug-likeness (QED) is 0.870. The number of rotatable bonds is 3. The molecule has 0 saturated heterocycles. The molecule has 4 nitrogen and oxygen atoms in total. The van der Waals surface area contributed by atoms with Crippen molar-refractivity contribution >= 4 is 33.9 Å². The first-order chi connectivity index (χ1) is 7.15. The minimum absolute atomic E-state index is 0.485. The molecule has 2 heterocycles. The molecular weight excluding hydrogens is 325 g/mol. The number of hydrogen-bond acceptors (Lipinski definition) is 4. The van der Waals surface area contributed by atoms with Crippen molar-refractivity contribution in [3.05, 3.63) is 31.8 Å². The lowest BCUT2D eigenvalue weighted by atomic mass is 10.1. The van der Waals surface area contributed by atoms with Gasteiger partial charge in [-0.25, -0.2) is 0 Å². The summed E-state index contributed by atoms with van der Waals surface area (Å²) in [5.74, 6) is 0. The van der Waals surface area contributed by atoms with E-state index in [1.165, 1.54) is 2.88 Å². The molecule has 2 aromatic heterocycles. The van der Waals surface area contributed by atoms with Gasteiger partial charge in [-0.1, -0.05) is 5.21 Å². The summed E-state index contributed by atoms with van der Waals surface area (Å²) in [4.78, 5) is 0. The molecule has 0 saturated carbocycles. The predicted octanol–water partition coefficient (Wildman–Crippen LogP) is 1.76. The lowest BCUT2D eigenvalue weighted by molar-refractivity contribution is 0.177. The highest BCUT2D eigenvalue weighted by atomic mass is 127. The summed E-state index contributed by atoms with van der Waals surface area (Å²) in [5.41, 5.74) is 1.77. The third-order valence-electron chi connectivity index (χ3n) is 2.03. The van der Waals surface area contributed by atoms with Crippen LogP contribution in [-0.2, 0) is 13.5 Å². The van der Waals surface area contributed by atoms with Crippen molar-refractivity contribution in [3.8, 4) is 0 Å². The molecule has 0 spiro atoms. The maximum atomic E-state index is 9.92. The molecule has 6 heteroatoms. The van der Waals surface area contributed by atoms with Crippen LogP contribution in [0.2, 0.25) is 0 Å². The molecular formula is C9H10IN3OS. The Labute approximate surface area is 105 Å². The number of aromatic nitrogens is 3. The third kappa shape index (κ3) is 2.76. The van der Waals surface area contributed by atoms with Crippen LogP contribution in [0.4, 0.5) is 0 Å². The van der Waals surface area contributed by atoms with Gasteiger partial charge in [-0.3, -0.25) is 4.68 Å². The normalized spacial score (nSPS) is 13.0. The number of halogens is 1. The number of hydrogen-bond donors (Lipinski definition) is 1. The van der Waals surface area contributed by atoms with Crippen LogP contribution >= 0.6 is 33.9 Å². The zero-order chi connectivity index (χ0) is 10.8.